The van der Waals surface area contributed by atoms with Crippen LogP contribution in [0, 0.1) is 5.82 Å². The van der Waals surface area contributed by atoms with Crippen molar-refractivity contribution >= 4 is 30.0 Å². The largest absolute Gasteiger partial charge is 0.473 e. The fraction of sp³-hybridized carbons (Fsp3) is 0.429. The maximum atomic E-state index is 15.6. The summed E-state index contributed by atoms with van der Waals surface area (Å²) in [6.45, 7) is -1.14. The Hall–Kier alpha value is -3.12. The minimum atomic E-state index is -2.13. The first-order chi connectivity index (χ1) is 15.7. The van der Waals surface area contributed by atoms with Crippen LogP contribution in [-0.4, -0.2) is 59.7 Å². The Balaban J connectivity index is 0.00000274. The van der Waals surface area contributed by atoms with Gasteiger partial charge in [-0.2, -0.15) is 0 Å². The number of ether oxygens (including phenoxy) is 3. The third-order valence-electron chi connectivity index (χ3n) is 5.93. The van der Waals surface area contributed by atoms with E-state index in [2.05, 4.69) is 20.3 Å². The van der Waals surface area contributed by atoms with E-state index in [0.29, 0.717) is 12.8 Å². The van der Waals surface area contributed by atoms with Crippen molar-refractivity contribution in [1.29, 1.82) is 0 Å². The summed E-state index contributed by atoms with van der Waals surface area (Å²) in [7, 11) is 0. The van der Waals surface area contributed by atoms with E-state index in [1.165, 1.54) is 24.5 Å². The zero-order valence-corrected chi connectivity index (χ0v) is 18.5. The number of aromatic nitrogens is 2. The second kappa shape index (κ2) is 8.58. The Kier molecular flexibility index (Phi) is 6.06. The molecule has 2 fully saturated rings. The number of fused-ring (bicyclic) bond motifs is 1. The monoisotopic (exact) mass is 499 g/mol. The molecule has 1 amide bonds. The highest BCUT2D eigenvalue weighted by Gasteiger charge is 2.62. The van der Waals surface area contributed by atoms with Crippen LogP contribution < -0.4 is 15.8 Å². The smallest absolute Gasteiger partial charge is 0.283 e. The summed E-state index contributed by atoms with van der Waals surface area (Å²) in [5.74, 6) is -1.28. The van der Waals surface area contributed by atoms with Crippen LogP contribution in [0.25, 0.3) is 0 Å². The van der Waals surface area contributed by atoms with Gasteiger partial charge in [0.15, 0.2) is 11.2 Å². The third-order valence-corrected chi connectivity index (χ3v) is 5.93. The summed E-state index contributed by atoms with van der Waals surface area (Å²) in [4.78, 5) is 24.6. The molecule has 0 radical (unpaired) electrons. The summed E-state index contributed by atoms with van der Waals surface area (Å²) in [5, 5.41) is 2.57. The van der Waals surface area contributed by atoms with Gasteiger partial charge in [-0.3, -0.25) is 4.79 Å². The molecule has 2 aliphatic heterocycles. The van der Waals surface area contributed by atoms with Crippen LogP contribution in [0.3, 0.4) is 0 Å². The van der Waals surface area contributed by atoms with Gasteiger partial charge >= 0.3 is 0 Å². The van der Waals surface area contributed by atoms with Gasteiger partial charge in [0.05, 0.1) is 25.6 Å². The maximum absolute atomic E-state index is 15.6. The SMILES string of the molecule is Cl.NC1=N[C@@]2(c3cc(NC(=O)c4cnc(OCC5(F)CC5)cn4)ccc3F)COC[C@@]2(F)CO1. The van der Waals surface area contributed by atoms with Crippen molar-refractivity contribution in [2.45, 2.75) is 29.7 Å². The maximum Gasteiger partial charge on any atom is 0.283 e. The Labute approximate surface area is 198 Å². The number of nitrogens with one attached hydrogen (secondary N) is 1. The number of nitrogens with zero attached hydrogens (tertiary/aromatic N) is 3. The lowest BCUT2D eigenvalue weighted by Gasteiger charge is -2.38. The molecule has 34 heavy (non-hydrogen) atoms. The van der Waals surface area contributed by atoms with Gasteiger partial charge in [-0.1, -0.05) is 0 Å². The van der Waals surface area contributed by atoms with E-state index in [0.717, 1.165) is 6.07 Å². The lowest BCUT2D eigenvalue weighted by molar-refractivity contribution is 0.00905. The number of amides is 1. The van der Waals surface area contributed by atoms with E-state index >= 15 is 4.39 Å². The summed E-state index contributed by atoms with van der Waals surface area (Å²) in [6.07, 6.45) is 3.28. The molecule has 0 spiro atoms. The predicted molar refractivity (Wildman–Crippen MR) is 116 cm³/mol. The molecule has 2 atom stereocenters. The molecule has 1 aliphatic carbocycles. The van der Waals surface area contributed by atoms with Gasteiger partial charge in [0.25, 0.3) is 11.9 Å². The first-order valence-corrected chi connectivity index (χ1v) is 10.2. The second-order valence-corrected chi connectivity index (χ2v) is 8.39. The molecule has 9 nitrogen and oxygen atoms in total. The van der Waals surface area contributed by atoms with E-state index in [9.17, 15) is 13.6 Å². The van der Waals surface area contributed by atoms with Crippen LogP contribution in [0.15, 0.2) is 35.6 Å². The average molecular weight is 500 g/mol. The van der Waals surface area contributed by atoms with Gasteiger partial charge in [0, 0.05) is 11.3 Å². The summed E-state index contributed by atoms with van der Waals surface area (Å²) < 4.78 is 59.5. The molecule has 2 aromatic rings. The standard InChI is InChI=1S/C21H20F3N5O4.ClH/c22-14-2-1-12(5-13(14)21-11-31-9-20(21,24)10-33-18(25)29-21)28-17(30)15-6-27-16(7-26-15)32-8-19(23)3-4-19;/h1-2,5-7H,3-4,8-11H2,(H2,25,29)(H,28,30);1H/t20-,21-;/m1./s1. The number of carbonyl (C=O) groups is 1. The van der Waals surface area contributed by atoms with Crippen molar-refractivity contribution in [2.75, 3.05) is 31.7 Å². The van der Waals surface area contributed by atoms with E-state index < -0.39 is 35.2 Å². The molecule has 1 saturated carbocycles. The highest BCUT2D eigenvalue weighted by Crippen LogP contribution is 2.48. The number of carbonyl (C=O) groups excluding carboxylic acids is 1. The summed E-state index contributed by atoms with van der Waals surface area (Å²) in [5.41, 5.74) is 0.472. The molecule has 3 heterocycles. The van der Waals surface area contributed by atoms with Crippen molar-refractivity contribution in [1.82, 2.24) is 9.97 Å². The van der Waals surface area contributed by atoms with Crippen LogP contribution >= 0.6 is 12.4 Å². The van der Waals surface area contributed by atoms with Crippen molar-refractivity contribution in [2.24, 2.45) is 10.7 Å². The highest BCUT2D eigenvalue weighted by atomic mass is 35.5. The van der Waals surface area contributed by atoms with Gasteiger partial charge in [-0.25, -0.2) is 28.1 Å². The topological polar surface area (TPSA) is 121 Å². The minimum Gasteiger partial charge on any atom is -0.473 e. The number of alkyl halides is 2. The van der Waals surface area contributed by atoms with Gasteiger partial charge in [0.1, 0.15) is 30.4 Å². The minimum absolute atomic E-state index is 0. The zero-order chi connectivity index (χ0) is 23.3. The molecule has 3 N–H and O–H groups in total. The number of aliphatic imine (C=N–C) groups is 1. The predicted octanol–water partition coefficient (Wildman–Crippen LogP) is 2.45. The lowest BCUT2D eigenvalue weighted by Crippen LogP contribution is -2.55. The molecule has 5 rings (SSSR count). The fourth-order valence-electron chi connectivity index (χ4n) is 3.80. The summed E-state index contributed by atoms with van der Waals surface area (Å²) >= 11 is 0. The summed E-state index contributed by atoms with van der Waals surface area (Å²) in [6, 6.07) is 3.41. The van der Waals surface area contributed by atoms with Gasteiger partial charge in [-0.15, -0.1) is 12.4 Å². The molecule has 3 aliphatic rings. The van der Waals surface area contributed by atoms with Crippen LogP contribution in [-0.2, 0) is 15.0 Å². The van der Waals surface area contributed by atoms with Gasteiger partial charge in [-0.05, 0) is 31.0 Å². The molecular weight excluding hydrogens is 479 g/mol. The highest BCUT2D eigenvalue weighted by molar-refractivity contribution is 6.02. The molecular formula is C21H21ClF3N5O4. The number of amidine groups is 1. The number of benzene rings is 1. The molecule has 13 heteroatoms. The van der Waals surface area contributed by atoms with E-state index in [4.69, 9.17) is 19.9 Å². The lowest BCUT2D eigenvalue weighted by atomic mass is 9.78. The molecule has 1 aromatic heterocycles. The molecule has 1 saturated heterocycles. The quantitative estimate of drug-likeness (QED) is 0.626. The van der Waals surface area contributed by atoms with Crippen molar-refractivity contribution < 1.29 is 32.2 Å². The second-order valence-electron chi connectivity index (χ2n) is 8.39. The van der Waals surface area contributed by atoms with E-state index in [1.807, 2.05) is 0 Å². The van der Waals surface area contributed by atoms with Crippen molar-refractivity contribution in [3.8, 4) is 5.88 Å². The molecule has 1 aromatic carbocycles. The Morgan fingerprint density at radius 1 is 1.18 bits per heavy atom. The van der Waals surface area contributed by atoms with Crippen LogP contribution in [0.1, 0.15) is 28.9 Å². The normalized spacial score (nSPS) is 26.4. The zero-order valence-electron chi connectivity index (χ0n) is 17.7. The molecule has 182 valence electrons. The number of hydrogen-bond acceptors (Lipinski definition) is 8. The molecule has 0 bridgehead atoms. The van der Waals surface area contributed by atoms with E-state index in [-0.39, 0.29) is 61.1 Å². The average Bonchev–Trinajstić information content (AvgIpc) is 3.44. The first-order valence-electron chi connectivity index (χ1n) is 10.2. The number of halogens is 4. The Bertz CT molecular complexity index is 1130. The first kappa shape index (κ1) is 24.0. The van der Waals surface area contributed by atoms with Crippen LogP contribution in [0.4, 0.5) is 18.9 Å². The fourth-order valence-corrected chi connectivity index (χ4v) is 3.80. The molecule has 0 unspecified atom stereocenters. The van der Waals surface area contributed by atoms with Gasteiger partial charge in [0.2, 0.25) is 5.88 Å². The number of anilines is 1. The van der Waals surface area contributed by atoms with E-state index in [1.54, 1.807) is 0 Å². The van der Waals surface area contributed by atoms with Crippen molar-refractivity contribution in [3.63, 3.8) is 0 Å². The Morgan fingerprint density at radius 2 is 1.97 bits per heavy atom. The van der Waals surface area contributed by atoms with Crippen LogP contribution in [0.5, 0.6) is 5.88 Å². The third kappa shape index (κ3) is 4.23. The van der Waals surface area contributed by atoms with Crippen molar-refractivity contribution in [3.05, 3.63) is 47.7 Å². The van der Waals surface area contributed by atoms with Gasteiger partial charge < -0.3 is 25.3 Å². The Morgan fingerprint density at radius 3 is 2.68 bits per heavy atom. The number of rotatable bonds is 6. The number of nitrogens with two attached hydrogens (primary N) is 1. The number of hydrogen-bond donors (Lipinski definition) is 2. The van der Waals surface area contributed by atoms with Crippen LogP contribution in [0.2, 0.25) is 0 Å².